The molecule has 1 aromatic carbocycles. The van der Waals surface area contributed by atoms with E-state index in [1.165, 1.54) is 19.4 Å². The third-order valence-electron chi connectivity index (χ3n) is 7.69. The number of carbonyl (C=O) groups is 3. The lowest BCUT2D eigenvalue weighted by Crippen LogP contribution is -2.56. The second-order valence-electron chi connectivity index (χ2n) is 9.98. The first-order valence-electron chi connectivity index (χ1n) is 12.9. The van der Waals surface area contributed by atoms with Crippen molar-refractivity contribution in [2.45, 2.75) is 56.4 Å². The maximum absolute atomic E-state index is 13.8. The fourth-order valence-electron chi connectivity index (χ4n) is 5.88. The normalized spacial score (nSPS) is 24.1. The van der Waals surface area contributed by atoms with Gasteiger partial charge in [-0.1, -0.05) is 12.8 Å². The zero-order valence-corrected chi connectivity index (χ0v) is 21.2. The van der Waals surface area contributed by atoms with Crippen LogP contribution in [-0.4, -0.2) is 71.7 Å². The van der Waals surface area contributed by atoms with Crippen LogP contribution in [0.15, 0.2) is 46.8 Å². The number of methoxy groups -OCH3 is 1. The van der Waals surface area contributed by atoms with Crippen molar-refractivity contribution in [1.82, 2.24) is 10.2 Å². The molecule has 202 valence electrons. The van der Waals surface area contributed by atoms with Crippen LogP contribution in [0.4, 0.5) is 0 Å². The lowest BCUT2D eigenvalue weighted by molar-refractivity contribution is -0.142. The molecule has 2 heterocycles. The Morgan fingerprint density at radius 2 is 2.05 bits per heavy atom. The maximum Gasteiger partial charge on any atom is 0.247 e. The Labute approximate surface area is 220 Å². The molecule has 2 amide bonds. The van der Waals surface area contributed by atoms with Gasteiger partial charge in [0.1, 0.15) is 18.5 Å². The van der Waals surface area contributed by atoms with E-state index in [0.717, 1.165) is 31.2 Å². The van der Waals surface area contributed by atoms with Gasteiger partial charge >= 0.3 is 0 Å². The van der Waals surface area contributed by atoms with Gasteiger partial charge in [-0.2, -0.15) is 0 Å². The van der Waals surface area contributed by atoms with E-state index in [-0.39, 0.29) is 31.5 Å². The molecule has 2 aromatic rings. The summed E-state index contributed by atoms with van der Waals surface area (Å²) in [6.07, 6.45) is 6.79. The van der Waals surface area contributed by atoms with Gasteiger partial charge < -0.3 is 34.3 Å². The summed E-state index contributed by atoms with van der Waals surface area (Å²) in [5.74, 6) is -0.749. The van der Waals surface area contributed by atoms with Crippen LogP contribution in [0.25, 0.3) is 0 Å². The second-order valence-corrected chi connectivity index (χ2v) is 9.98. The van der Waals surface area contributed by atoms with E-state index in [4.69, 9.17) is 13.9 Å². The van der Waals surface area contributed by atoms with E-state index in [0.29, 0.717) is 34.5 Å². The Morgan fingerprint density at radius 3 is 2.71 bits per heavy atom. The number of amides is 2. The van der Waals surface area contributed by atoms with Crippen LogP contribution in [0.3, 0.4) is 0 Å². The average Bonchev–Trinajstić information content (AvgIpc) is 3.71. The van der Waals surface area contributed by atoms with Crippen LogP contribution < -0.4 is 14.8 Å². The third kappa shape index (κ3) is 4.69. The summed E-state index contributed by atoms with van der Waals surface area (Å²) >= 11 is 0. The number of nitrogens with one attached hydrogen (secondary N) is 1. The van der Waals surface area contributed by atoms with Gasteiger partial charge in [0, 0.05) is 41.3 Å². The van der Waals surface area contributed by atoms with Crippen LogP contribution in [0.2, 0.25) is 0 Å². The van der Waals surface area contributed by atoms with Gasteiger partial charge in [-0.25, -0.2) is 0 Å². The molecule has 0 bridgehead atoms. The van der Waals surface area contributed by atoms with E-state index in [1.54, 1.807) is 29.4 Å². The van der Waals surface area contributed by atoms with Gasteiger partial charge in [0.25, 0.3) is 0 Å². The van der Waals surface area contributed by atoms with Crippen LogP contribution in [0.5, 0.6) is 11.5 Å². The molecule has 38 heavy (non-hydrogen) atoms. The minimum atomic E-state index is -1.18. The summed E-state index contributed by atoms with van der Waals surface area (Å²) in [7, 11) is 1.45. The van der Waals surface area contributed by atoms with Gasteiger partial charge in [-0.15, -0.1) is 0 Å². The number of carbonyl (C=O) groups excluding carboxylic acids is 3. The molecule has 4 unspecified atom stereocenters. The zero-order chi connectivity index (χ0) is 26.8. The first-order valence-corrected chi connectivity index (χ1v) is 12.9. The van der Waals surface area contributed by atoms with Gasteiger partial charge in [0.05, 0.1) is 38.2 Å². The predicted molar refractivity (Wildman–Crippen MR) is 135 cm³/mol. The number of fused-ring (bicyclic) bond motifs is 3. The lowest BCUT2D eigenvalue weighted by atomic mass is 9.77. The Bertz CT molecular complexity index is 1220. The number of furan rings is 1. The molecular formula is C28H32N2O8. The van der Waals surface area contributed by atoms with Crippen LogP contribution in [0.1, 0.15) is 53.1 Å². The molecule has 10 heteroatoms. The fraction of sp³-hybridized carbons (Fsp3) is 0.464. The van der Waals surface area contributed by atoms with Crippen molar-refractivity contribution >= 4 is 18.1 Å². The third-order valence-corrected chi connectivity index (χ3v) is 7.69. The number of hydrogen-bond donors (Lipinski definition) is 3. The lowest BCUT2D eigenvalue weighted by Gasteiger charge is -2.41. The topological polar surface area (TPSA) is 139 Å². The van der Waals surface area contributed by atoms with Crippen LogP contribution in [0, 0.1) is 5.92 Å². The first kappa shape index (κ1) is 26.0. The highest BCUT2D eigenvalue weighted by molar-refractivity contribution is 5.96. The van der Waals surface area contributed by atoms with Gasteiger partial charge in [-0.3, -0.25) is 14.4 Å². The van der Waals surface area contributed by atoms with Crippen LogP contribution >= 0.6 is 0 Å². The van der Waals surface area contributed by atoms with Crippen molar-refractivity contribution in [3.05, 3.63) is 59.1 Å². The van der Waals surface area contributed by atoms with Crippen LogP contribution in [-0.2, 0) is 16.1 Å². The molecule has 1 aliphatic heterocycles. The number of nitrogens with zero attached hydrogens (tertiary/aromatic N) is 1. The summed E-state index contributed by atoms with van der Waals surface area (Å²) in [5, 5.41) is 23.7. The van der Waals surface area contributed by atoms with Gasteiger partial charge in [-0.05, 0) is 37.1 Å². The molecule has 5 rings (SSSR count). The molecular weight excluding hydrogens is 492 g/mol. The summed E-state index contributed by atoms with van der Waals surface area (Å²) in [5.41, 5.74) is 1.94. The molecule has 4 atom stereocenters. The van der Waals surface area contributed by atoms with Crippen molar-refractivity contribution < 1.29 is 38.5 Å². The average molecular weight is 525 g/mol. The Hall–Kier alpha value is -3.63. The molecule has 0 spiro atoms. The van der Waals surface area contributed by atoms with Crippen molar-refractivity contribution in [2.75, 3.05) is 20.3 Å². The highest BCUT2D eigenvalue weighted by atomic mass is 16.5. The predicted octanol–water partition coefficient (Wildman–Crippen LogP) is 1.94. The number of benzene rings is 1. The van der Waals surface area contributed by atoms with Crippen molar-refractivity contribution in [2.24, 2.45) is 5.92 Å². The monoisotopic (exact) mass is 524 g/mol. The minimum absolute atomic E-state index is 0.0337. The molecule has 10 nitrogen and oxygen atoms in total. The smallest absolute Gasteiger partial charge is 0.247 e. The highest BCUT2D eigenvalue weighted by Crippen LogP contribution is 2.51. The van der Waals surface area contributed by atoms with E-state index in [1.807, 2.05) is 0 Å². The standard InChI is InChI=1S/C28H32N2O8/c1-36-22-11-17(14-32)10-19-23-20(27(34)29-7-8-31)12-21(24(33)26(23)38-25(19)22)30(13-16-6-9-37-15-16)28(35)18-4-2-3-5-18/h6,9-12,14-15,18,21,23-24,26,31,33H,2-5,7-8,13H2,1H3,(H,29,34). The minimum Gasteiger partial charge on any atom is -0.493 e. The number of rotatable bonds is 9. The second kappa shape index (κ2) is 11.0. The van der Waals surface area contributed by atoms with E-state index >= 15 is 0 Å². The Kier molecular flexibility index (Phi) is 7.53. The summed E-state index contributed by atoms with van der Waals surface area (Å²) in [6.45, 7) is -0.0212. The van der Waals surface area contributed by atoms with E-state index < -0.39 is 30.1 Å². The molecule has 1 saturated carbocycles. The number of hydrogen-bond acceptors (Lipinski definition) is 8. The number of aliphatic hydroxyl groups excluding tert-OH is 2. The zero-order valence-electron chi connectivity index (χ0n) is 21.2. The molecule has 0 saturated heterocycles. The highest BCUT2D eigenvalue weighted by Gasteiger charge is 2.52. The molecule has 1 fully saturated rings. The number of ether oxygens (including phenoxy) is 2. The van der Waals surface area contributed by atoms with E-state index in [9.17, 15) is 24.6 Å². The summed E-state index contributed by atoms with van der Waals surface area (Å²) < 4.78 is 16.9. The van der Waals surface area contributed by atoms with E-state index in [2.05, 4.69) is 5.32 Å². The number of aldehydes is 1. The summed E-state index contributed by atoms with van der Waals surface area (Å²) in [4.78, 5) is 40.4. The fourth-order valence-corrected chi connectivity index (χ4v) is 5.88. The molecule has 3 N–H and O–H groups in total. The quantitative estimate of drug-likeness (QED) is 0.423. The maximum atomic E-state index is 13.8. The van der Waals surface area contributed by atoms with Crippen molar-refractivity contribution in [3.8, 4) is 11.5 Å². The molecule has 3 aliphatic rings. The van der Waals surface area contributed by atoms with Crippen molar-refractivity contribution in [1.29, 1.82) is 0 Å². The summed E-state index contributed by atoms with van der Waals surface area (Å²) in [6, 6.07) is 4.07. The SMILES string of the molecule is COc1cc(C=O)cc2c1OC1C2C(C(=O)NCCO)=CC(N(Cc2ccoc2)C(=O)C2CCCC2)C1O. The molecule has 1 aromatic heterocycles. The molecule has 0 radical (unpaired) electrons. The van der Waals surface area contributed by atoms with Crippen molar-refractivity contribution in [3.63, 3.8) is 0 Å². The van der Waals surface area contributed by atoms with Gasteiger partial charge in [0.15, 0.2) is 11.5 Å². The molecule has 2 aliphatic carbocycles. The number of aliphatic hydroxyl groups is 2. The first-order chi connectivity index (χ1) is 18.5. The van der Waals surface area contributed by atoms with Gasteiger partial charge in [0.2, 0.25) is 11.8 Å². The largest absolute Gasteiger partial charge is 0.493 e. The Balaban J connectivity index is 1.59. The Morgan fingerprint density at radius 1 is 1.26 bits per heavy atom.